The Balaban J connectivity index is 1.60. The third kappa shape index (κ3) is 1.89. The maximum Gasteiger partial charge on any atom is 0.254 e. The molecule has 22 heavy (non-hydrogen) atoms. The monoisotopic (exact) mass is 296 g/mol. The number of aromatic hydroxyl groups is 1. The lowest BCUT2D eigenvalue weighted by atomic mass is 9.63. The van der Waals surface area contributed by atoms with Crippen LogP contribution in [-0.2, 0) is 9.59 Å². The van der Waals surface area contributed by atoms with E-state index in [1.54, 1.807) is 24.3 Å². The van der Waals surface area contributed by atoms with Crippen LogP contribution in [0.1, 0.15) is 18.4 Å². The van der Waals surface area contributed by atoms with Crippen LogP contribution in [0.25, 0.3) is 0 Å². The van der Waals surface area contributed by atoms with Gasteiger partial charge in [-0.2, -0.15) is 10.1 Å². The zero-order valence-electron chi connectivity index (χ0n) is 11.9. The number of phenols is 1. The van der Waals surface area contributed by atoms with Gasteiger partial charge in [-0.15, -0.1) is 0 Å². The number of benzene rings is 1. The average Bonchev–Trinajstić information content (AvgIpc) is 2.82. The first-order chi connectivity index (χ1) is 10.6. The molecule has 5 heteroatoms. The molecule has 1 aromatic rings. The molecule has 1 aromatic carbocycles. The summed E-state index contributed by atoms with van der Waals surface area (Å²) >= 11 is 0. The number of hydrazone groups is 1. The first kappa shape index (κ1) is 13.2. The van der Waals surface area contributed by atoms with Gasteiger partial charge in [-0.1, -0.05) is 12.2 Å². The number of carbonyl (C=O) groups is 2. The number of imide groups is 1. The zero-order chi connectivity index (χ0) is 15.3. The van der Waals surface area contributed by atoms with E-state index in [4.69, 9.17) is 0 Å². The quantitative estimate of drug-likeness (QED) is 0.515. The summed E-state index contributed by atoms with van der Waals surface area (Å²) in [5.74, 6) is -0.283. The highest BCUT2D eigenvalue weighted by atomic mass is 16.3. The largest absolute Gasteiger partial charge is 0.508 e. The van der Waals surface area contributed by atoms with E-state index in [1.165, 1.54) is 6.21 Å². The third-order valence-corrected chi connectivity index (χ3v) is 4.95. The van der Waals surface area contributed by atoms with Gasteiger partial charge in [-0.05, 0) is 54.5 Å². The molecule has 1 saturated heterocycles. The molecule has 0 aromatic heterocycles. The smallest absolute Gasteiger partial charge is 0.254 e. The van der Waals surface area contributed by atoms with Gasteiger partial charge in [-0.3, -0.25) is 9.59 Å². The minimum Gasteiger partial charge on any atom is -0.508 e. The van der Waals surface area contributed by atoms with Crippen LogP contribution in [0.2, 0.25) is 0 Å². The molecule has 0 spiro atoms. The van der Waals surface area contributed by atoms with Crippen molar-refractivity contribution in [3.05, 3.63) is 42.0 Å². The van der Waals surface area contributed by atoms with Crippen molar-refractivity contribution in [2.24, 2.45) is 28.8 Å². The predicted molar refractivity (Wildman–Crippen MR) is 79.9 cm³/mol. The summed E-state index contributed by atoms with van der Waals surface area (Å²) in [5.41, 5.74) is 0.731. The summed E-state index contributed by atoms with van der Waals surface area (Å²) in [7, 11) is 0. The molecule has 112 valence electrons. The second-order valence-electron chi connectivity index (χ2n) is 6.17. The Bertz CT molecular complexity index is 660. The maximum atomic E-state index is 12.5. The van der Waals surface area contributed by atoms with Crippen LogP contribution in [0.4, 0.5) is 0 Å². The van der Waals surface area contributed by atoms with Crippen molar-refractivity contribution in [3.63, 3.8) is 0 Å². The minimum atomic E-state index is -0.229. The second-order valence-corrected chi connectivity index (χ2v) is 6.17. The number of nitrogens with zero attached hydrogens (tertiary/aromatic N) is 2. The summed E-state index contributed by atoms with van der Waals surface area (Å²) in [6, 6.07) is 6.45. The van der Waals surface area contributed by atoms with Crippen LogP contribution in [0.5, 0.6) is 5.75 Å². The Morgan fingerprint density at radius 1 is 1.00 bits per heavy atom. The van der Waals surface area contributed by atoms with Crippen LogP contribution < -0.4 is 0 Å². The number of hydrogen-bond donors (Lipinski definition) is 1. The van der Waals surface area contributed by atoms with E-state index in [9.17, 15) is 14.7 Å². The summed E-state index contributed by atoms with van der Waals surface area (Å²) in [4.78, 5) is 25.1. The van der Waals surface area contributed by atoms with E-state index >= 15 is 0 Å². The first-order valence-corrected chi connectivity index (χ1v) is 7.54. The molecule has 1 heterocycles. The number of amides is 2. The van der Waals surface area contributed by atoms with E-state index in [0.29, 0.717) is 0 Å². The molecule has 5 rings (SSSR count). The van der Waals surface area contributed by atoms with Gasteiger partial charge in [0.25, 0.3) is 11.8 Å². The van der Waals surface area contributed by atoms with Crippen LogP contribution in [0.15, 0.2) is 41.5 Å². The average molecular weight is 296 g/mol. The predicted octanol–water partition coefficient (Wildman–Crippen LogP) is 1.92. The molecule has 1 aliphatic heterocycles. The number of hydrogen-bond acceptors (Lipinski definition) is 4. The standard InChI is InChI=1S/C17H16N2O3/c20-13-7-1-10(2-8-13)9-18-19-16(21)14-11-3-4-12(6-5-11)15(14)17(19)22/h1-4,7-9,11-12,14-15,20H,5-6H2/b18-9-/t11-,12-,14+,15+/m0/s1. The second kappa shape index (κ2) is 4.80. The molecule has 1 saturated carbocycles. The molecular formula is C17H16N2O3. The summed E-state index contributed by atoms with van der Waals surface area (Å²) in [6.45, 7) is 0. The Hall–Kier alpha value is -2.43. The van der Waals surface area contributed by atoms with Gasteiger partial charge < -0.3 is 5.11 Å². The van der Waals surface area contributed by atoms with Crippen LogP contribution in [-0.4, -0.2) is 28.1 Å². The van der Waals surface area contributed by atoms with Gasteiger partial charge in [0, 0.05) is 0 Å². The molecule has 2 amide bonds. The number of fused-ring (bicyclic) bond motifs is 1. The fraction of sp³-hybridized carbons (Fsp3) is 0.353. The fourth-order valence-electron chi connectivity index (χ4n) is 3.86. The normalized spacial score (nSPS) is 33.0. The lowest BCUT2D eigenvalue weighted by molar-refractivity contribution is -0.140. The Kier molecular flexibility index (Phi) is 2.89. The Labute approximate surface area is 127 Å². The molecule has 4 aliphatic rings. The highest BCUT2D eigenvalue weighted by Crippen LogP contribution is 2.49. The molecule has 2 fully saturated rings. The van der Waals surface area contributed by atoms with E-state index in [2.05, 4.69) is 17.3 Å². The van der Waals surface area contributed by atoms with E-state index in [-0.39, 0.29) is 41.2 Å². The molecule has 4 atom stereocenters. The van der Waals surface area contributed by atoms with Crippen LogP contribution in [0, 0.1) is 23.7 Å². The fourth-order valence-corrected chi connectivity index (χ4v) is 3.86. The summed E-state index contributed by atoms with van der Waals surface area (Å²) < 4.78 is 0. The number of carbonyl (C=O) groups excluding carboxylic acids is 2. The summed E-state index contributed by atoms with van der Waals surface area (Å²) in [6.07, 6.45) is 7.64. The highest BCUT2D eigenvalue weighted by Gasteiger charge is 2.56. The van der Waals surface area contributed by atoms with Gasteiger partial charge in [0.2, 0.25) is 0 Å². The molecule has 1 N–H and O–H groups in total. The van der Waals surface area contributed by atoms with Gasteiger partial charge in [0.15, 0.2) is 0 Å². The number of allylic oxidation sites excluding steroid dienone is 2. The molecule has 2 bridgehead atoms. The Morgan fingerprint density at radius 3 is 2.05 bits per heavy atom. The van der Waals surface area contributed by atoms with Crippen molar-refractivity contribution in [3.8, 4) is 5.75 Å². The van der Waals surface area contributed by atoms with Crippen molar-refractivity contribution in [1.82, 2.24) is 5.01 Å². The molecule has 3 aliphatic carbocycles. The van der Waals surface area contributed by atoms with Gasteiger partial charge in [0.05, 0.1) is 18.1 Å². The molecule has 5 nitrogen and oxygen atoms in total. The van der Waals surface area contributed by atoms with E-state index in [0.717, 1.165) is 23.4 Å². The lowest BCUT2D eigenvalue weighted by Crippen LogP contribution is -2.38. The zero-order valence-corrected chi connectivity index (χ0v) is 11.9. The van der Waals surface area contributed by atoms with E-state index < -0.39 is 0 Å². The topological polar surface area (TPSA) is 70.0 Å². The van der Waals surface area contributed by atoms with Crippen LogP contribution >= 0.6 is 0 Å². The molecule has 0 unspecified atom stereocenters. The SMILES string of the molecule is O=C1[C@H]2[C@H](C(=O)N1/N=C\c1ccc(O)cc1)[C@H]1C=C[C@H]2CC1. The molecular weight excluding hydrogens is 280 g/mol. The van der Waals surface area contributed by atoms with Crippen LogP contribution in [0.3, 0.4) is 0 Å². The van der Waals surface area contributed by atoms with Crippen molar-refractivity contribution in [2.75, 3.05) is 0 Å². The van der Waals surface area contributed by atoms with Crippen molar-refractivity contribution < 1.29 is 14.7 Å². The summed E-state index contributed by atoms with van der Waals surface area (Å²) in [5, 5.41) is 14.4. The van der Waals surface area contributed by atoms with Crippen molar-refractivity contribution >= 4 is 18.0 Å². The van der Waals surface area contributed by atoms with Gasteiger partial charge >= 0.3 is 0 Å². The maximum absolute atomic E-state index is 12.5. The van der Waals surface area contributed by atoms with E-state index in [1.807, 2.05) is 0 Å². The first-order valence-electron chi connectivity index (χ1n) is 7.54. The van der Waals surface area contributed by atoms with Crippen molar-refractivity contribution in [1.29, 1.82) is 0 Å². The van der Waals surface area contributed by atoms with Gasteiger partial charge in [0.1, 0.15) is 5.75 Å². The lowest BCUT2D eigenvalue weighted by Gasteiger charge is -2.37. The highest BCUT2D eigenvalue weighted by molar-refractivity contribution is 6.06. The number of phenolic OH excluding ortho intramolecular Hbond substituents is 1. The number of rotatable bonds is 2. The third-order valence-electron chi connectivity index (χ3n) is 4.95. The van der Waals surface area contributed by atoms with Crippen molar-refractivity contribution in [2.45, 2.75) is 12.8 Å². The van der Waals surface area contributed by atoms with Gasteiger partial charge in [-0.25, -0.2) is 0 Å². The molecule has 0 radical (unpaired) electrons. The Morgan fingerprint density at radius 2 is 1.55 bits per heavy atom. The minimum absolute atomic E-state index is 0.166.